The number of hydrogen-bond donors (Lipinski definition) is 1. The van der Waals surface area contributed by atoms with Crippen LogP contribution in [0.5, 0.6) is 0 Å². The molecule has 4 rings (SSSR count). The van der Waals surface area contributed by atoms with Gasteiger partial charge in [-0.2, -0.15) is 0 Å². The van der Waals surface area contributed by atoms with Crippen molar-refractivity contribution in [2.75, 3.05) is 0 Å². The van der Waals surface area contributed by atoms with Crippen LogP contribution in [0.3, 0.4) is 0 Å². The molecule has 0 bridgehead atoms. The van der Waals surface area contributed by atoms with Crippen LogP contribution in [0.15, 0.2) is 54.6 Å². The summed E-state index contributed by atoms with van der Waals surface area (Å²) in [5, 5.41) is 1.11. The first-order valence-corrected chi connectivity index (χ1v) is 6.94. The monoisotopic (exact) mass is 274 g/mol. The van der Waals surface area contributed by atoms with E-state index >= 15 is 0 Å². The highest BCUT2D eigenvalue weighted by Gasteiger charge is 2.15. The molecular formula is C18H14N2O. The predicted octanol–water partition coefficient (Wildman–Crippen LogP) is 3.43. The molecule has 102 valence electrons. The molecule has 0 atom stereocenters. The number of benzene rings is 2. The van der Waals surface area contributed by atoms with Crippen molar-refractivity contribution in [3.8, 4) is 11.3 Å². The number of amides is 1. The number of allylic oxidation sites excluding steroid dienone is 1. The lowest BCUT2D eigenvalue weighted by atomic mass is 10.0. The van der Waals surface area contributed by atoms with E-state index in [-0.39, 0.29) is 0 Å². The Morgan fingerprint density at radius 1 is 1.10 bits per heavy atom. The van der Waals surface area contributed by atoms with Gasteiger partial charge in [-0.1, -0.05) is 36.4 Å². The molecule has 1 aliphatic rings. The highest BCUT2D eigenvalue weighted by Crippen LogP contribution is 2.33. The Morgan fingerprint density at radius 2 is 1.95 bits per heavy atom. The molecular weight excluding hydrogens is 260 g/mol. The van der Waals surface area contributed by atoms with Crippen LogP contribution in [0.25, 0.3) is 28.4 Å². The summed E-state index contributed by atoms with van der Waals surface area (Å²) in [6, 6.07) is 16.2. The van der Waals surface area contributed by atoms with Crippen molar-refractivity contribution >= 4 is 23.0 Å². The second-order valence-corrected chi connectivity index (χ2v) is 5.28. The van der Waals surface area contributed by atoms with E-state index in [1.54, 1.807) is 6.07 Å². The van der Waals surface area contributed by atoms with Gasteiger partial charge in [0.05, 0.1) is 11.2 Å². The predicted molar refractivity (Wildman–Crippen MR) is 84.9 cm³/mol. The molecule has 0 fully saturated rings. The van der Waals surface area contributed by atoms with Crippen molar-refractivity contribution < 1.29 is 4.79 Å². The lowest BCUT2D eigenvalue weighted by molar-refractivity contribution is 0.100. The van der Waals surface area contributed by atoms with Crippen molar-refractivity contribution in [3.63, 3.8) is 0 Å². The minimum absolute atomic E-state index is 0.398. The molecule has 0 radical (unpaired) electrons. The summed E-state index contributed by atoms with van der Waals surface area (Å²) in [5.41, 5.74) is 10.6. The lowest BCUT2D eigenvalue weighted by Crippen LogP contribution is -2.10. The highest BCUT2D eigenvalue weighted by molar-refractivity contribution is 5.99. The van der Waals surface area contributed by atoms with Gasteiger partial charge in [-0.05, 0) is 30.2 Å². The van der Waals surface area contributed by atoms with Gasteiger partial charge >= 0.3 is 0 Å². The molecule has 0 saturated carbocycles. The Kier molecular flexibility index (Phi) is 2.48. The molecule has 3 heteroatoms. The molecule has 21 heavy (non-hydrogen) atoms. The van der Waals surface area contributed by atoms with Gasteiger partial charge in [-0.3, -0.25) is 4.79 Å². The quantitative estimate of drug-likeness (QED) is 0.726. The number of carbonyl (C=O) groups excluding carboxylic acids is 1. The van der Waals surface area contributed by atoms with E-state index in [0.29, 0.717) is 5.56 Å². The fourth-order valence-electron chi connectivity index (χ4n) is 2.98. The highest BCUT2D eigenvalue weighted by atomic mass is 16.1. The van der Waals surface area contributed by atoms with Crippen LogP contribution in [0.4, 0.5) is 0 Å². The van der Waals surface area contributed by atoms with Crippen molar-refractivity contribution in [1.82, 2.24) is 4.57 Å². The van der Waals surface area contributed by atoms with Crippen LogP contribution >= 0.6 is 0 Å². The number of rotatable bonds is 1. The number of fused-ring (bicyclic) bond motifs is 5. The average molecular weight is 274 g/mol. The maximum absolute atomic E-state index is 11.4. The van der Waals surface area contributed by atoms with Gasteiger partial charge < -0.3 is 10.3 Å². The second-order valence-electron chi connectivity index (χ2n) is 5.28. The van der Waals surface area contributed by atoms with E-state index in [9.17, 15) is 4.79 Å². The number of primary amides is 1. The van der Waals surface area contributed by atoms with Gasteiger partial charge in [0.1, 0.15) is 0 Å². The summed E-state index contributed by atoms with van der Waals surface area (Å²) >= 11 is 0. The van der Waals surface area contributed by atoms with Crippen LogP contribution < -0.4 is 5.73 Å². The zero-order chi connectivity index (χ0) is 14.4. The minimum atomic E-state index is -0.398. The van der Waals surface area contributed by atoms with Gasteiger partial charge in [0, 0.05) is 22.7 Å². The summed E-state index contributed by atoms with van der Waals surface area (Å²) < 4.78 is 2.13. The van der Waals surface area contributed by atoms with Gasteiger partial charge in [0.25, 0.3) is 0 Å². The molecule has 1 aromatic heterocycles. The summed E-state index contributed by atoms with van der Waals surface area (Å²) in [6.07, 6.45) is 5.13. The first-order chi connectivity index (χ1) is 10.2. The lowest BCUT2D eigenvalue weighted by Gasteiger charge is -2.06. The maximum atomic E-state index is 11.4. The van der Waals surface area contributed by atoms with E-state index < -0.39 is 5.91 Å². The zero-order valence-corrected chi connectivity index (χ0v) is 11.4. The standard InChI is InChI=1S/C18H14N2O/c19-18(21)14-8-7-13-10-17-15-6-2-1-4-12(15)5-3-9-20(17)16(13)11-14/h1-4,6-11H,5H2,(H2,19,21). The molecule has 0 saturated heterocycles. The van der Waals surface area contributed by atoms with Crippen LogP contribution in [0.1, 0.15) is 15.9 Å². The Hall–Kier alpha value is -2.81. The van der Waals surface area contributed by atoms with E-state index in [2.05, 4.69) is 47.2 Å². The summed E-state index contributed by atoms with van der Waals surface area (Å²) in [7, 11) is 0. The molecule has 0 aliphatic carbocycles. The zero-order valence-electron chi connectivity index (χ0n) is 11.4. The van der Waals surface area contributed by atoms with Gasteiger partial charge in [0.15, 0.2) is 0 Å². The number of aromatic nitrogens is 1. The Bertz CT molecular complexity index is 903. The fraction of sp³-hybridized carbons (Fsp3) is 0.0556. The third-order valence-electron chi connectivity index (χ3n) is 4.01. The van der Waals surface area contributed by atoms with Gasteiger partial charge in [-0.15, -0.1) is 0 Å². The first kappa shape index (κ1) is 12.0. The number of hydrogen-bond acceptors (Lipinski definition) is 1. The summed E-state index contributed by atoms with van der Waals surface area (Å²) in [6.45, 7) is 0. The van der Waals surface area contributed by atoms with Gasteiger partial charge in [-0.25, -0.2) is 0 Å². The fourth-order valence-corrected chi connectivity index (χ4v) is 2.98. The Labute approximate surface area is 122 Å². The molecule has 0 spiro atoms. The van der Waals surface area contributed by atoms with Crippen LogP contribution in [-0.2, 0) is 6.42 Å². The molecule has 2 heterocycles. The third kappa shape index (κ3) is 1.78. The van der Waals surface area contributed by atoms with Crippen LogP contribution in [0.2, 0.25) is 0 Å². The van der Waals surface area contributed by atoms with Crippen molar-refractivity contribution in [1.29, 1.82) is 0 Å². The molecule has 2 aromatic carbocycles. The first-order valence-electron chi connectivity index (χ1n) is 6.94. The Balaban J connectivity index is 2.06. The molecule has 2 N–H and O–H groups in total. The molecule has 3 aromatic rings. The topological polar surface area (TPSA) is 48.0 Å². The van der Waals surface area contributed by atoms with Crippen molar-refractivity contribution in [2.24, 2.45) is 5.73 Å². The third-order valence-corrected chi connectivity index (χ3v) is 4.01. The molecule has 1 amide bonds. The van der Waals surface area contributed by atoms with Crippen molar-refractivity contribution in [3.05, 3.63) is 65.7 Å². The molecule has 1 aliphatic heterocycles. The summed E-state index contributed by atoms with van der Waals surface area (Å²) in [4.78, 5) is 11.4. The van der Waals surface area contributed by atoms with Gasteiger partial charge in [0.2, 0.25) is 5.91 Å². The number of nitrogens with zero attached hydrogens (tertiary/aromatic N) is 1. The number of carbonyl (C=O) groups is 1. The SMILES string of the molecule is NC(=O)c1ccc2cc3n(c2c1)C=CCc1ccccc1-3. The van der Waals surface area contributed by atoms with Crippen LogP contribution in [0, 0.1) is 0 Å². The normalized spacial score (nSPS) is 12.8. The van der Waals surface area contributed by atoms with Crippen LogP contribution in [-0.4, -0.2) is 10.5 Å². The maximum Gasteiger partial charge on any atom is 0.248 e. The summed E-state index contributed by atoms with van der Waals surface area (Å²) in [5.74, 6) is -0.398. The van der Waals surface area contributed by atoms with Crippen molar-refractivity contribution in [2.45, 2.75) is 6.42 Å². The Morgan fingerprint density at radius 3 is 2.81 bits per heavy atom. The van der Waals surface area contributed by atoms with E-state index in [1.807, 2.05) is 12.1 Å². The molecule has 0 unspecified atom stereocenters. The second kappa shape index (κ2) is 4.35. The smallest absolute Gasteiger partial charge is 0.248 e. The number of nitrogens with two attached hydrogens (primary N) is 1. The molecule has 3 nitrogen and oxygen atoms in total. The van der Waals surface area contributed by atoms with E-state index in [1.165, 1.54) is 11.1 Å². The van der Waals surface area contributed by atoms with E-state index in [0.717, 1.165) is 23.0 Å². The largest absolute Gasteiger partial charge is 0.366 e. The average Bonchev–Trinajstić information content (AvgIpc) is 2.75. The minimum Gasteiger partial charge on any atom is -0.366 e. The van der Waals surface area contributed by atoms with E-state index in [4.69, 9.17) is 5.73 Å².